The van der Waals surface area contributed by atoms with Crippen LogP contribution in [-0.4, -0.2) is 54.9 Å². The Morgan fingerprint density at radius 3 is 1.93 bits per heavy atom. The molecule has 0 bridgehead atoms. The highest BCUT2D eigenvalue weighted by Crippen LogP contribution is 2.30. The third-order valence-corrected chi connectivity index (χ3v) is 6.94. The zero-order valence-corrected chi connectivity index (χ0v) is 28.7. The first-order valence-corrected chi connectivity index (χ1v) is 15.5. The van der Waals surface area contributed by atoms with Crippen molar-refractivity contribution in [2.45, 2.75) is 114 Å². The number of phenolic OH excluding ortho intramolecular Hbond substituents is 1. The summed E-state index contributed by atoms with van der Waals surface area (Å²) in [5, 5.41) is 26.5. The van der Waals surface area contributed by atoms with Crippen molar-refractivity contribution in [3.8, 4) is 11.5 Å². The number of aliphatic hydroxyl groups excluding tert-OH is 1. The highest BCUT2D eigenvalue weighted by Gasteiger charge is 2.32. The molecule has 0 aromatic heterocycles. The number of hydrogen-bond acceptors (Lipinski definition) is 6. The lowest BCUT2D eigenvalue weighted by Gasteiger charge is -2.30. The number of hydrogen-bond donors (Lipinski definition) is 5. The smallest absolute Gasteiger partial charge is 0.227 e. The summed E-state index contributed by atoms with van der Waals surface area (Å²) in [5.41, 5.74) is 6.67. The minimum atomic E-state index is -0.842. The van der Waals surface area contributed by atoms with Gasteiger partial charge in [-0.1, -0.05) is 75.3 Å². The van der Waals surface area contributed by atoms with Crippen molar-refractivity contribution < 1.29 is 24.5 Å². The molecule has 41 heavy (non-hydrogen) atoms. The van der Waals surface area contributed by atoms with Crippen LogP contribution >= 0.6 is 0 Å². The van der Waals surface area contributed by atoms with Crippen LogP contribution in [0.1, 0.15) is 101 Å². The molecule has 8 heteroatoms. The number of phenols is 1. The number of benzene rings is 1. The molecule has 1 rings (SSSR count). The highest BCUT2D eigenvalue weighted by atomic mass is 16.5. The van der Waals surface area contributed by atoms with E-state index in [1.54, 1.807) is 33.0 Å². The Balaban J connectivity index is -0.00000225. The molecule has 0 heterocycles. The Morgan fingerprint density at radius 1 is 0.976 bits per heavy atom. The van der Waals surface area contributed by atoms with E-state index in [9.17, 15) is 19.8 Å². The Bertz CT molecular complexity index is 827. The van der Waals surface area contributed by atoms with E-state index in [1.165, 1.54) is 7.11 Å². The number of carbonyl (C=O) groups is 2. The normalized spacial score (nSPS) is 13.6. The lowest BCUT2D eigenvalue weighted by molar-refractivity contribution is -0.131. The molecule has 0 aliphatic rings. The Morgan fingerprint density at radius 2 is 1.51 bits per heavy atom. The average molecular weight is 584 g/mol. The van der Waals surface area contributed by atoms with Gasteiger partial charge in [-0.05, 0) is 68.6 Å². The van der Waals surface area contributed by atoms with Crippen molar-refractivity contribution in [2.75, 3.05) is 20.7 Å². The number of rotatable bonds is 14. The maximum Gasteiger partial charge on any atom is 0.227 e. The minimum absolute atomic E-state index is 0.00290. The maximum atomic E-state index is 12.9. The van der Waals surface area contributed by atoms with Crippen LogP contribution in [0.15, 0.2) is 18.2 Å². The van der Waals surface area contributed by atoms with Crippen LogP contribution in [0.2, 0.25) is 0 Å². The molecule has 0 radical (unpaired) electrons. The van der Waals surface area contributed by atoms with Gasteiger partial charge in [-0.2, -0.15) is 0 Å². The molecule has 0 spiro atoms. The summed E-state index contributed by atoms with van der Waals surface area (Å²) >= 11 is 0. The molecule has 4 atom stereocenters. The number of nitrogens with two attached hydrogens (primary N) is 1. The van der Waals surface area contributed by atoms with Crippen molar-refractivity contribution >= 4 is 11.8 Å². The second-order valence-electron chi connectivity index (χ2n) is 10.9. The summed E-state index contributed by atoms with van der Waals surface area (Å²) in [5.74, 6) is 0.278. The van der Waals surface area contributed by atoms with Crippen molar-refractivity contribution in [1.29, 1.82) is 0 Å². The molecule has 0 aliphatic carbocycles. The first-order chi connectivity index (χ1) is 19.2. The fourth-order valence-corrected chi connectivity index (χ4v) is 4.24. The van der Waals surface area contributed by atoms with Crippen LogP contribution in [0.4, 0.5) is 0 Å². The van der Waals surface area contributed by atoms with Gasteiger partial charge in [0.2, 0.25) is 11.8 Å². The average Bonchev–Trinajstić information content (AvgIpc) is 2.96. The van der Waals surface area contributed by atoms with E-state index in [0.717, 1.165) is 5.56 Å². The van der Waals surface area contributed by atoms with Gasteiger partial charge in [-0.15, -0.1) is 0 Å². The van der Waals surface area contributed by atoms with Gasteiger partial charge in [-0.3, -0.25) is 9.59 Å². The molecular weight excluding hydrogens is 518 g/mol. The number of ether oxygens (including phenoxy) is 1. The molecule has 1 aromatic rings. The van der Waals surface area contributed by atoms with Crippen LogP contribution in [0.5, 0.6) is 11.5 Å². The standard InChI is InChI=1S/C27H47N3O5.3C2H6/c1-16(2)19(11-18-9-10-24(35-8)23(32)12-18)13-21(28)22(31)14-20(17(3)4)25(33)30-15-27(5,6)26(34)29-7;3*1-2/h9-10,12,16-17,19-22,31-32H,11,13-15,28H2,1-8H3,(H,29,34)(H,30,33);3*1-2H3/t19-,20-,21-,22-;;;/m0.../s1. The Labute approximate surface area is 252 Å². The van der Waals surface area contributed by atoms with Gasteiger partial charge in [0, 0.05) is 25.6 Å². The van der Waals surface area contributed by atoms with Gasteiger partial charge in [-0.25, -0.2) is 0 Å². The summed E-state index contributed by atoms with van der Waals surface area (Å²) < 4.78 is 5.12. The van der Waals surface area contributed by atoms with Crippen molar-refractivity contribution in [1.82, 2.24) is 10.6 Å². The zero-order chi connectivity index (χ0) is 32.9. The summed E-state index contributed by atoms with van der Waals surface area (Å²) in [4.78, 5) is 24.9. The van der Waals surface area contributed by atoms with Crippen LogP contribution in [0, 0.1) is 29.1 Å². The number of amides is 2. The van der Waals surface area contributed by atoms with E-state index < -0.39 is 23.5 Å². The molecule has 8 nitrogen and oxygen atoms in total. The van der Waals surface area contributed by atoms with Gasteiger partial charge >= 0.3 is 0 Å². The molecule has 0 aliphatic heterocycles. The predicted molar refractivity (Wildman–Crippen MR) is 173 cm³/mol. The van der Waals surface area contributed by atoms with Crippen LogP contribution in [-0.2, 0) is 16.0 Å². The van der Waals surface area contributed by atoms with Crippen molar-refractivity contribution in [2.24, 2.45) is 34.8 Å². The number of aliphatic hydroxyl groups is 1. The van der Waals surface area contributed by atoms with E-state index in [-0.39, 0.29) is 42.4 Å². The zero-order valence-electron chi connectivity index (χ0n) is 28.7. The second kappa shape index (κ2) is 23.3. The molecule has 0 unspecified atom stereocenters. The minimum Gasteiger partial charge on any atom is -0.504 e. The Kier molecular flexibility index (Phi) is 24.5. The number of aromatic hydroxyl groups is 1. The molecule has 0 saturated heterocycles. The first kappa shape index (κ1) is 43.1. The lowest BCUT2D eigenvalue weighted by atomic mass is 9.80. The summed E-state index contributed by atoms with van der Waals surface area (Å²) in [6.45, 7) is 23.9. The largest absolute Gasteiger partial charge is 0.504 e. The topological polar surface area (TPSA) is 134 Å². The van der Waals surface area contributed by atoms with Crippen molar-refractivity contribution in [3.63, 3.8) is 0 Å². The summed E-state index contributed by atoms with van der Waals surface area (Å²) in [6, 6.07) is 4.88. The van der Waals surface area contributed by atoms with Gasteiger partial charge < -0.3 is 31.3 Å². The van der Waals surface area contributed by atoms with Gasteiger partial charge in [0.15, 0.2) is 11.5 Å². The predicted octanol–water partition coefficient (Wildman–Crippen LogP) is 5.92. The monoisotopic (exact) mass is 583 g/mol. The fourth-order valence-electron chi connectivity index (χ4n) is 4.24. The van der Waals surface area contributed by atoms with Crippen LogP contribution in [0.3, 0.4) is 0 Å². The van der Waals surface area contributed by atoms with Gasteiger partial charge in [0.05, 0.1) is 18.6 Å². The van der Waals surface area contributed by atoms with E-state index in [2.05, 4.69) is 24.5 Å². The van der Waals surface area contributed by atoms with Gasteiger partial charge in [0.25, 0.3) is 0 Å². The molecule has 2 amide bonds. The van der Waals surface area contributed by atoms with E-state index >= 15 is 0 Å². The summed E-state index contributed by atoms with van der Waals surface area (Å²) in [6.07, 6.45) is 0.699. The van der Waals surface area contributed by atoms with Crippen molar-refractivity contribution in [3.05, 3.63) is 23.8 Å². The molecule has 242 valence electrons. The summed E-state index contributed by atoms with van der Waals surface area (Å²) in [7, 11) is 3.09. The second-order valence-corrected chi connectivity index (χ2v) is 10.9. The van der Waals surface area contributed by atoms with E-state index in [1.807, 2.05) is 61.5 Å². The molecule has 0 saturated carbocycles. The highest BCUT2D eigenvalue weighted by molar-refractivity contribution is 5.83. The number of nitrogens with one attached hydrogen (secondary N) is 2. The lowest BCUT2D eigenvalue weighted by Crippen LogP contribution is -2.47. The number of methoxy groups -OCH3 is 1. The third kappa shape index (κ3) is 16.0. The fraction of sp³-hybridized carbons (Fsp3) is 0.758. The third-order valence-electron chi connectivity index (χ3n) is 6.94. The maximum absolute atomic E-state index is 12.9. The Hall–Kier alpha value is -2.32. The van der Waals surface area contributed by atoms with Gasteiger partial charge in [0.1, 0.15) is 0 Å². The van der Waals surface area contributed by atoms with E-state index in [0.29, 0.717) is 24.5 Å². The van der Waals surface area contributed by atoms with Crippen LogP contribution in [0.25, 0.3) is 0 Å². The van der Waals surface area contributed by atoms with E-state index in [4.69, 9.17) is 10.5 Å². The molecule has 0 fully saturated rings. The first-order valence-electron chi connectivity index (χ1n) is 15.5. The SMILES string of the molecule is CC.CC.CC.CNC(=O)C(C)(C)CNC(=O)[C@@H](C[C@H](O)[C@@H](N)C[C@H](Cc1ccc(OC)c(O)c1)C(C)C)C(C)C. The molecule has 6 N–H and O–H groups in total. The van der Waals surface area contributed by atoms with Crippen LogP contribution < -0.4 is 21.1 Å². The quantitative estimate of drug-likeness (QED) is 0.184. The molecule has 1 aromatic carbocycles. The molecular formula is C33H65N3O5. The number of carbonyl (C=O) groups excluding carboxylic acids is 2.